The summed E-state index contributed by atoms with van der Waals surface area (Å²) in [5.41, 5.74) is 4.46. The molecule has 75 heavy (non-hydrogen) atoms. The van der Waals surface area contributed by atoms with Gasteiger partial charge in [0.05, 0.1) is 26.1 Å². The Bertz CT molecular complexity index is 2020. The van der Waals surface area contributed by atoms with Crippen LogP contribution in [-0.4, -0.2) is 62.1 Å². The van der Waals surface area contributed by atoms with E-state index in [1.54, 1.807) is 5.57 Å². The number of ether oxygens (including phenoxy) is 4. The predicted octanol–water partition coefficient (Wildman–Crippen LogP) is 16.0. The fraction of sp³-hybridized carbons (Fsp3) is 0.881. The lowest BCUT2D eigenvalue weighted by atomic mass is 9.47. The Morgan fingerprint density at radius 3 is 1.45 bits per heavy atom. The van der Waals surface area contributed by atoms with Crippen molar-refractivity contribution >= 4 is 23.5 Å². The largest absolute Gasteiger partial charge is 0.462 e. The van der Waals surface area contributed by atoms with E-state index in [4.69, 9.17) is 18.9 Å². The van der Waals surface area contributed by atoms with Crippen molar-refractivity contribution in [2.24, 2.45) is 92.7 Å². The molecule has 0 aromatic heterocycles. The van der Waals surface area contributed by atoms with Crippen LogP contribution in [0.15, 0.2) is 23.3 Å². The van der Waals surface area contributed by atoms with Crippen molar-refractivity contribution < 1.29 is 38.1 Å². The highest BCUT2D eigenvalue weighted by Gasteiger charge is 2.61. The average molecular weight is 1040 g/mol. The van der Waals surface area contributed by atoms with Gasteiger partial charge < -0.3 is 18.9 Å². The molecule has 16 unspecified atom stereocenters. The van der Waals surface area contributed by atoms with Gasteiger partial charge in [-0.15, -0.1) is 0 Å². The number of ketones is 2. The number of hydrogen-bond donors (Lipinski definition) is 0. The van der Waals surface area contributed by atoms with Crippen LogP contribution in [0.4, 0.5) is 0 Å². The van der Waals surface area contributed by atoms with Crippen LogP contribution in [0.25, 0.3) is 0 Å². The first-order valence-corrected chi connectivity index (χ1v) is 31.7. The lowest BCUT2D eigenvalue weighted by Crippen LogP contribution is -2.51. The first-order valence-electron chi connectivity index (χ1n) is 31.7. The summed E-state index contributed by atoms with van der Waals surface area (Å²) in [6.07, 6.45) is 33.4. The molecule has 0 bridgehead atoms. The zero-order valence-corrected chi connectivity index (χ0v) is 49.4. The van der Waals surface area contributed by atoms with E-state index in [0.717, 1.165) is 116 Å². The number of esters is 2. The molecular formula is C67H108O8. The number of allylic oxidation sites excluding steroid dienone is 3. The van der Waals surface area contributed by atoms with Crippen LogP contribution in [-0.2, 0) is 38.1 Å². The maximum atomic E-state index is 13.1. The second kappa shape index (κ2) is 25.4. The van der Waals surface area contributed by atoms with Gasteiger partial charge in [0.1, 0.15) is 25.4 Å². The van der Waals surface area contributed by atoms with Gasteiger partial charge in [-0.1, -0.05) is 131 Å². The third kappa shape index (κ3) is 13.3. The van der Waals surface area contributed by atoms with Crippen LogP contribution >= 0.6 is 0 Å². The molecule has 16 atom stereocenters. The Morgan fingerprint density at radius 1 is 0.507 bits per heavy atom. The average Bonchev–Trinajstić information content (AvgIpc) is 3.90. The van der Waals surface area contributed by atoms with E-state index in [-0.39, 0.29) is 98.7 Å². The minimum Gasteiger partial charge on any atom is -0.462 e. The third-order valence-corrected chi connectivity index (χ3v) is 23.5. The molecule has 8 heteroatoms. The van der Waals surface area contributed by atoms with Gasteiger partial charge in [0.2, 0.25) is 0 Å². The lowest BCUT2D eigenvalue weighted by molar-refractivity contribution is -0.153. The van der Waals surface area contributed by atoms with E-state index >= 15 is 0 Å². The summed E-state index contributed by atoms with van der Waals surface area (Å²) >= 11 is 0. The molecule has 8 rings (SSSR count). The van der Waals surface area contributed by atoms with E-state index in [2.05, 4.69) is 81.4 Å². The minimum absolute atomic E-state index is 0.0579. The second-order valence-electron chi connectivity index (χ2n) is 28.8. The fourth-order valence-corrected chi connectivity index (χ4v) is 19.3. The first kappa shape index (κ1) is 58.8. The summed E-state index contributed by atoms with van der Waals surface area (Å²) in [6.45, 7) is 25.0. The van der Waals surface area contributed by atoms with Crippen molar-refractivity contribution in [3.05, 3.63) is 23.3 Å². The molecule has 6 fully saturated rings. The van der Waals surface area contributed by atoms with Gasteiger partial charge in [-0.05, 0) is 195 Å². The van der Waals surface area contributed by atoms with Gasteiger partial charge in [-0.2, -0.15) is 0 Å². The summed E-state index contributed by atoms with van der Waals surface area (Å²) < 4.78 is 23.2. The Hall–Kier alpha value is -2.32. The molecule has 0 amide bonds. The van der Waals surface area contributed by atoms with E-state index in [1.165, 1.54) is 108 Å². The van der Waals surface area contributed by atoms with Crippen molar-refractivity contribution in [2.75, 3.05) is 26.4 Å². The molecule has 0 spiro atoms. The second-order valence-corrected chi connectivity index (χ2v) is 28.8. The summed E-state index contributed by atoms with van der Waals surface area (Å²) in [7, 11) is 0. The van der Waals surface area contributed by atoms with Gasteiger partial charge in [0.15, 0.2) is 11.6 Å². The Labute approximate surface area is 456 Å². The number of carbonyl (C=O) groups excluding carboxylic acids is 4. The van der Waals surface area contributed by atoms with Crippen LogP contribution < -0.4 is 0 Å². The van der Waals surface area contributed by atoms with E-state index in [9.17, 15) is 19.2 Å². The molecular weight excluding hydrogens is 933 g/mol. The Kier molecular flexibility index (Phi) is 19.9. The SMILES string of the molecule is CC(C)CCCC(C)C1CCC2C3CC=C4CCC(OC(=O)CCC(=O)COCCOCC(=O)CCC(=O)OC5CCC6(C)C(=CCC7C6CCC6(C)C(C(C)CCCC(C)C)CCC76)C5)CCC4(C)C3CCC12C. The quantitative estimate of drug-likeness (QED) is 0.0506. The Morgan fingerprint density at radius 2 is 0.960 bits per heavy atom. The third-order valence-electron chi connectivity index (χ3n) is 23.5. The molecule has 8 aliphatic carbocycles. The molecule has 0 aliphatic heterocycles. The molecule has 0 aromatic rings. The van der Waals surface area contributed by atoms with E-state index in [0.29, 0.717) is 10.8 Å². The zero-order valence-electron chi connectivity index (χ0n) is 49.4. The maximum Gasteiger partial charge on any atom is 0.306 e. The molecule has 8 nitrogen and oxygen atoms in total. The van der Waals surface area contributed by atoms with Gasteiger partial charge in [-0.25, -0.2) is 0 Å². The normalized spacial score (nSPS) is 37.9. The summed E-state index contributed by atoms with van der Waals surface area (Å²) in [5, 5.41) is 0. The predicted molar refractivity (Wildman–Crippen MR) is 301 cm³/mol. The molecule has 424 valence electrons. The monoisotopic (exact) mass is 1040 g/mol. The molecule has 0 radical (unpaired) electrons. The zero-order chi connectivity index (χ0) is 53.7. The number of fused-ring (bicyclic) bond motifs is 10. The number of Topliss-reactive ketones (excluding diaryl/α,β-unsaturated/α-hetero) is 2. The van der Waals surface area contributed by atoms with Crippen molar-refractivity contribution in [3.8, 4) is 0 Å². The van der Waals surface area contributed by atoms with Crippen LogP contribution in [0.2, 0.25) is 0 Å². The van der Waals surface area contributed by atoms with Gasteiger partial charge in [0, 0.05) is 19.3 Å². The molecule has 0 saturated heterocycles. The number of hydrogen-bond acceptors (Lipinski definition) is 8. The molecule has 0 N–H and O–H groups in total. The van der Waals surface area contributed by atoms with Gasteiger partial charge in [0.25, 0.3) is 0 Å². The summed E-state index contributed by atoms with van der Waals surface area (Å²) in [6, 6.07) is 0. The molecule has 6 saturated carbocycles. The minimum atomic E-state index is -0.303. The lowest BCUT2D eigenvalue weighted by Gasteiger charge is -2.58. The highest BCUT2D eigenvalue weighted by molar-refractivity contribution is 5.84. The smallest absolute Gasteiger partial charge is 0.306 e. The van der Waals surface area contributed by atoms with E-state index in [1.807, 2.05) is 0 Å². The van der Waals surface area contributed by atoms with Crippen LogP contribution in [0.5, 0.6) is 0 Å². The highest BCUT2D eigenvalue weighted by Crippen LogP contribution is 2.69. The van der Waals surface area contributed by atoms with Crippen LogP contribution in [0.3, 0.4) is 0 Å². The number of rotatable bonds is 25. The first-order chi connectivity index (χ1) is 35.7. The van der Waals surface area contributed by atoms with Crippen molar-refractivity contribution in [2.45, 2.75) is 255 Å². The maximum absolute atomic E-state index is 13.1. The van der Waals surface area contributed by atoms with Crippen LogP contribution in [0.1, 0.15) is 243 Å². The molecule has 0 aromatic carbocycles. The Balaban J connectivity index is 0.666. The van der Waals surface area contributed by atoms with E-state index < -0.39 is 0 Å². The fourth-order valence-electron chi connectivity index (χ4n) is 19.3. The van der Waals surface area contributed by atoms with Gasteiger partial charge in [-0.3, -0.25) is 19.2 Å². The highest BCUT2D eigenvalue weighted by atomic mass is 16.5. The van der Waals surface area contributed by atoms with Crippen molar-refractivity contribution in [1.82, 2.24) is 0 Å². The van der Waals surface area contributed by atoms with Crippen molar-refractivity contribution in [3.63, 3.8) is 0 Å². The van der Waals surface area contributed by atoms with Crippen LogP contribution in [0, 0.1) is 92.7 Å². The molecule has 8 aliphatic rings. The number of carbonyl (C=O) groups is 4. The topological polar surface area (TPSA) is 105 Å². The summed E-state index contributed by atoms with van der Waals surface area (Å²) in [5.74, 6) is 8.70. The summed E-state index contributed by atoms with van der Waals surface area (Å²) in [4.78, 5) is 51.4. The standard InChI is InChI=1S/C67H108O8/c1-44(2)13-11-15-46(5)56-25-27-58-54-23-18-48-17-22-52(31-35-64(48,7)60(54)33-37-66(56,58)9)74-62(70)29-20-50(68)42-72-39-40-73-43-51(69)21-30-63(71)75-53-32-36-65(8)49(41-53)19-24-55-59-28-26-57(47(6)16-12-14-45(3)4)67(59,10)38-34-61(55)65/h18-19,44-47,52-61H,11-17,20-43H2,1-10H3. The van der Waals surface area contributed by atoms with Gasteiger partial charge >= 0.3 is 11.9 Å². The molecule has 0 heterocycles. The van der Waals surface area contributed by atoms with Crippen molar-refractivity contribution in [1.29, 1.82) is 0 Å².